The predicted octanol–water partition coefficient (Wildman–Crippen LogP) is 11.9. The zero-order valence-electron chi connectivity index (χ0n) is 38.9. The number of methoxy groups -OCH3 is 1. The SMILES string of the molecule is COc1ccccc1COCCCOc1ccc(C2CCN(C(=O)OC(C)(C)C)CC2OCc2ccc(Br)c(N(CCO[Si](C(C)C)(C(C)C)C(C)C)C(=O)C(C)C)c2)cc1. The normalized spacial score (nSPS) is 16.1. The fourth-order valence-electron chi connectivity index (χ4n) is 8.66. The Morgan fingerprint density at radius 2 is 1.54 bits per heavy atom. The van der Waals surface area contributed by atoms with Crippen LogP contribution in [0.15, 0.2) is 71.2 Å². The van der Waals surface area contributed by atoms with Crippen molar-refractivity contribution in [2.75, 3.05) is 51.5 Å². The lowest BCUT2D eigenvalue weighted by Gasteiger charge is -2.42. The van der Waals surface area contributed by atoms with Gasteiger partial charge >= 0.3 is 6.09 Å². The van der Waals surface area contributed by atoms with Crippen LogP contribution in [0.3, 0.4) is 0 Å². The van der Waals surface area contributed by atoms with E-state index in [1.165, 1.54) is 0 Å². The van der Waals surface area contributed by atoms with Crippen LogP contribution in [0.5, 0.6) is 11.5 Å². The van der Waals surface area contributed by atoms with Gasteiger partial charge in [-0.3, -0.25) is 4.79 Å². The molecule has 3 aromatic rings. The van der Waals surface area contributed by atoms with Gasteiger partial charge in [0.1, 0.15) is 17.1 Å². The van der Waals surface area contributed by atoms with Crippen molar-refractivity contribution in [1.29, 1.82) is 0 Å². The number of nitrogens with zero attached hydrogens (tertiary/aromatic N) is 2. The summed E-state index contributed by atoms with van der Waals surface area (Å²) in [4.78, 5) is 30.7. The summed E-state index contributed by atoms with van der Waals surface area (Å²) in [5, 5.41) is 0. The van der Waals surface area contributed by atoms with Crippen LogP contribution in [-0.2, 0) is 36.6 Å². The minimum absolute atomic E-state index is 0.0366. The van der Waals surface area contributed by atoms with Crippen molar-refractivity contribution in [2.24, 2.45) is 5.92 Å². The fraction of sp³-hybridized carbons (Fsp3) is 0.592. The Labute approximate surface area is 376 Å². The molecule has 12 heteroatoms. The number of amides is 2. The highest BCUT2D eigenvalue weighted by atomic mass is 79.9. The molecule has 0 N–H and O–H groups in total. The number of para-hydroxylation sites is 1. The van der Waals surface area contributed by atoms with Crippen molar-refractivity contribution in [1.82, 2.24) is 4.90 Å². The van der Waals surface area contributed by atoms with Crippen LogP contribution in [0, 0.1) is 5.92 Å². The van der Waals surface area contributed by atoms with E-state index < -0.39 is 13.9 Å². The number of piperidine rings is 1. The first-order valence-corrected chi connectivity index (χ1v) is 25.1. The van der Waals surface area contributed by atoms with Crippen LogP contribution in [-0.4, -0.2) is 83.5 Å². The first-order valence-electron chi connectivity index (χ1n) is 22.1. The quantitative estimate of drug-likeness (QED) is 0.0770. The number of ether oxygens (including phenoxy) is 5. The van der Waals surface area contributed by atoms with Gasteiger partial charge in [-0.25, -0.2) is 4.79 Å². The van der Waals surface area contributed by atoms with E-state index in [2.05, 4.69) is 69.6 Å². The molecule has 338 valence electrons. The van der Waals surface area contributed by atoms with Gasteiger partial charge in [0.2, 0.25) is 5.91 Å². The average molecular weight is 926 g/mol. The van der Waals surface area contributed by atoms with E-state index in [0.717, 1.165) is 44.8 Å². The summed E-state index contributed by atoms with van der Waals surface area (Å²) in [6.07, 6.45) is 0.819. The molecule has 1 fully saturated rings. The Hall–Kier alpha value is -3.42. The van der Waals surface area contributed by atoms with E-state index >= 15 is 0 Å². The smallest absolute Gasteiger partial charge is 0.410 e. The number of likely N-dealkylation sites (tertiary alicyclic amines) is 1. The second-order valence-electron chi connectivity index (χ2n) is 18.4. The van der Waals surface area contributed by atoms with E-state index in [0.29, 0.717) is 75.7 Å². The van der Waals surface area contributed by atoms with Crippen LogP contribution in [0.25, 0.3) is 0 Å². The Morgan fingerprint density at radius 3 is 2.16 bits per heavy atom. The third-order valence-electron chi connectivity index (χ3n) is 11.6. The van der Waals surface area contributed by atoms with Gasteiger partial charge in [0.15, 0.2) is 8.32 Å². The molecule has 2 amide bonds. The standard InChI is InChI=1S/C49H73BrN2O8Si/c1-34(2)47(53)52(26-29-59-61(35(3)4,36(5)6)37(7)8)44-30-38(18-23-43(44)50)32-58-46-31-51(48(54)60-49(9,10)11)25-24-42(46)39-19-21-41(22-20-39)57-28-15-27-56-33-40-16-13-14-17-45(40)55-12/h13-14,16-23,30,34-37,42,46H,15,24-29,31-33H2,1-12H3. The van der Waals surface area contributed by atoms with Gasteiger partial charge in [0.05, 0.1) is 58.5 Å². The van der Waals surface area contributed by atoms with Gasteiger partial charge in [0, 0.05) is 41.4 Å². The van der Waals surface area contributed by atoms with Gasteiger partial charge in [-0.2, -0.15) is 0 Å². The topological polar surface area (TPSA) is 96.0 Å². The number of anilines is 1. The molecule has 2 atom stereocenters. The summed E-state index contributed by atoms with van der Waals surface area (Å²) < 4.78 is 37.7. The maximum atomic E-state index is 13.8. The molecular weight excluding hydrogens is 853 g/mol. The third kappa shape index (κ3) is 14.0. The van der Waals surface area contributed by atoms with E-state index in [1.54, 1.807) is 12.0 Å². The van der Waals surface area contributed by atoms with Crippen LogP contribution < -0.4 is 14.4 Å². The highest BCUT2D eigenvalue weighted by Crippen LogP contribution is 2.42. The molecule has 2 unspecified atom stereocenters. The van der Waals surface area contributed by atoms with Gasteiger partial charge < -0.3 is 37.9 Å². The Balaban J connectivity index is 1.47. The van der Waals surface area contributed by atoms with Crippen molar-refractivity contribution < 1.29 is 37.7 Å². The maximum absolute atomic E-state index is 13.8. The summed E-state index contributed by atoms with van der Waals surface area (Å²) in [7, 11) is -0.457. The van der Waals surface area contributed by atoms with Gasteiger partial charge in [0.25, 0.3) is 0 Å². The molecule has 0 saturated carbocycles. The molecule has 1 heterocycles. The second-order valence-corrected chi connectivity index (χ2v) is 24.7. The molecular formula is C49H73BrN2O8Si. The summed E-state index contributed by atoms with van der Waals surface area (Å²) in [6.45, 7) is 27.0. The third-order valence-corrected chi connectivity index (χ3v) is 18.4. The van der Waals surface area contributed by atoms with Crippen molar-refractivity contribution in [3.05, 3.63) is 87.9 Å². The van der Waals surface area contributed by atoms with Crippen molar-refractivity contribution in [3.8, 4) is 11.5 Å². The van der Waals surface area contributed by atoms with Gasteiger partial charge in [-0.15, -0.1) is 0 Å². The van der Waals surface area contributed by atoms with Crippen LogP contribution >= 0.6 is 15.9 Å². The van der Waals surface area contributed by atoms with Gasteiger partial charge in [-0.1, -0.05) is 91.8 Å². The molecule has 61 heavy (non-hydrogen) atoms. The minimum Gasteiger partial charge on any atom is -0.496 e. The predicted molar refractivity (Wildman–Crippen MR) is 251 cm³/mol. The molecule has 0 radical (unpaired) electrons. The fourth-order valence-corrected chi connectivity index (χ4v) is 14.6. The van der Waals surface area contributed by atoms with Crippen LogP contribution in [0.1, 0.15) is 112 Å². The molecule has 4 rings (SSSR count). The molecule has 0 aliphatic carbocycles. The number of hydrogen-bond donors (Lipinski definition) is 0. The average Bonchev–Trinajstić information content (AvgIpc) is 3.21. The Kier molecular flexibility index (Phi) is 19.2. The zero-order chi connectivity index (χ0) is 44.9. The van der Waals surface area contributed by atoms with E-state index in [4.69, 9.17) is 28.1 Å². The molecule has 1 aliphatic heterocycles. The number of benzene rings is 3. The summed E-state index contributed by atoms with van der Waals surface area (Å²) >= 11 is 3.77. The summed E-state index contributed by atoms with van der Waals surface area (Å²) in [5.41, 5.74) is 4.60. The monoisotopic (exact) mass is 924 g/mol. The number of carbonyl (C=O) groups is 2. The lowest BCUT2D eigenvalue weighted by Crippen LogP contribution is -2.49. The van der Waals surface area contributed by atoms with E-state index in [9.17, 15) is 9.59 Å². The number of rotatable bonds is 21. The lowest BCUT2D eigenvalue weighted by molar-refractivity contribution is -0.121. The van der Waals surface area contributed by atoms with E-state index in [-0.39, 0.29) is 29.9 Å². The van der Waals surface area contributed by atoms with Crippen molar-refractivity contribution in [3.63, 3.8) is 0 Å². The van der Waals surface area contributed by atoms with Crippen molar-refractivity contribution >= 4 is 41.9 Å². The second kappa shape index (κ2) is 23.3. The summed E-state index contributed by atoms with van der Waals surface area (Å²) in [5.74, 6) is 1.49. The van der Waals surface area contributed by atoms with Gasteiger partial charge in [-0.05, 0) is 101 Å². The molecule has 10 nitrogen and oxygen atoms in total. The molecule has 1 aliphatic rings. The minimum atomic E-state index is -2.12. The van der Waals surface area contributed by atoms with Crippen LogP contribution in [0.4, 0.5) is 10.5 Å². The molecule has 0 bridgehead atoms. The number of hydrogen-bond acceptors (Lipinski definition) is 8. The van der Waals surface area contributed by atoms with E-state index in [1.807, 2.05) is 94.1 Å². The molecule has 0 aromatic heterocycles. The number of carbonyl (C=O) groups excluding carboxylic acids is 2. The Morgan fingerprint density at radius 1 is 0.869 bits per heavy atom. The largest absolute Gasteiger partial charge is 0.496 e. The maximum Gasteiger partial charge on any atom is 0.410 e. The molecule has 3 aromatic carbocycles. The first kappa shape index (κ1) is 50.2. The molecule has 0 spiro atoms. The van der Waals surface area contributed by atoms with Crippen molar-refractivity contribution in [2.45, 2.75) is 136 Å². The highest BCUT2D eigenvalue weighted by molar-refractivity contribution is 9.10. The highest BCUT2D eigenvalue weighted by Gasteiger charge is 2.45. The first-order chi connectivity index (χ1) is 28.9. The van der Waals surface area contributed by atoms with Crippen LogP contribution in [0.2, 0.25) is 16.6 Å². The zero-order valence-corrected chi connectivity index (χ0v) is 41.5. The molecule has 1 saturated heterocycles. The Bertz CT molecular complexity index is 1810. The lowest BCUT2D eigenvalue weighted by atomic mass is 9.87. The summed E-state index contributed by atoms with van der Waals surface area (Å²) in [6, 6.07) is 22.1. The number of halogens is 1.